The summed E-state index contributed by atoms with van der Waals surface area (Å²) in [7, 11) is 0. The van der Waals surface area contributed by atoms with Gasteiger partial charge in [-0.25, -0.2) is 9.78 Å². The summed E-state index contributed by atoms with van der Waals surface area (Å²) in [5, 5.41) is 4.41. The van der Waals surface area contributed by atoms with E-state index in [4.69, 9.17) is 4.74 Å². The molecule has 3 rings (SSSR count). The Balaban J connectivity index is 1.69. The third-order valence-corrected chi connectivity index (χ3v) is 4.14. The van der Waals surface area contributed by atoms with Gasteiger partial charge in [-0.3, -0.25) is 4.79 Å². The van der Waals surface area contributed by atoms with Gasteiger partial charge in [0.05, 0.1) is 0 Å². The molecule has 0 saturated heterocycles. The lowest BCUT2D eigenvalue weighted by molar-refractivity contribution is -0.119. The van der Waals surface area contributed by atoms with Crippen LogP contribution in [-0.2, 0) is 9.53 Å². The fourth-order valence-electron chi connectivity index (χ4n) is 3.03. The first-order valence-electron chi connectivity index (χ1n) is 8.34. The normalized spacial score (nSPS) is 10.6. The number of nitrogens with one attached hydrogen (secondary N) is 1. The highest BCUT2D eigenvalue weighted by atomic mass is 16.5. The molecule has 0 aliphatic heterocycles. The van der Waals surface area contributed by atoms with Crippen molar-refractivity contribution in [3.8, 4) is 0 Å². The van der Waals surface area contributed by atoms with E-state index in [-0.39, 0.29) is 18.2 Å². The molecule has 3 aromatic rings. The molecule has 2 aromatic carbocycles. The first-order valence-corrected chi connectivity index (χ1v) is 8.34. The average molecular weight is 348 g/mol. The molecule has 5 nitrogen and oxygen atoms in total. The Morgan fingerprint density at radius 3 is 2.46 bits per heavy atom. The summed E-state index contributed by atoms with van der Waals surface area (Å²) in [4.78, 5) is 28.6. The minimum Gasteiger partial charge on any atom is -0.451 e. The van der Waals surface area contributed by atoms with Crippen molar-refractivity contribution in [2.75, 3.05) is 11.9 Å². The number of hydrogen-bond acceptors (Lipinski definition) is 4. The second-order valence-corrected chi connectivity index (χ2v) is 6.28. The van der Waals surface area contributed by atoms with Crippen LogP contribution in [-0.4, -0.2) is 23.5 Å². The van der Waals surface area contributed by atoms with Gasteiger partial charge in [0.25, 0.3) is 5.91 Å². The van der Waals surface area contributed by atoms with Crippen LogP contribution in [0.2, 0.25) is 0 Å². The Morgan fingerprint density at radius 2 is 1.73 bits per heavy atom. The topological polar surface area (TPSA) is 68.3 Å². The second kappa shape index (κ2) is 7.35. The predicted molar refractivity (Wildman–Crippen MR) is 101 cm³/mol. The molecule has 0 atom stereocenters. The number of hydrogen-bond donors (Lipinski definition) is 1. The predicted octanol–water partition coefficient (Wildman–Crippen LogP) is 3.96. The van der Waals surface area contributed by atoms with Gasteiger partial charge >= 0.3 is 5.97 Å². The Labute approximate surface area is 152 Å². The lowest BCUT2D eigenvalue weighted by Gasteiger charge is -2.13. The van der Waals surface area contributed by atoms with Crippen molar-refractivity contribution < 1.29 is 14.3 Å². The molecule has 26 heavy (non-hydrogen) atoms. The van der Waals surface area contributed by atoms with E-state index >= 15 is 0 Å². The first kappa shape index (κ1) is 17.6. The van der Waals surface area contributed by atoms with Crippen molar-refractivity contribution in [3.63, 3.8) is 0 Å². The van der Waals surface area contributed by atoms with E-state index < -0.39 is 5.97 Å². The summed E-state index contributed by atoms with van der Waals surface area (Å²) in [5.74, 6) is -0.997. The molecule has 0 unspecified atom stereocenters. The molecule has 0 aliphatic carbocycles. The number of aromatic nitrogens is 1. The van der Waals surface area contributed by atoms with E-state index in [1.165, 1.54) is 0 Å². The summed E-state index contributed by atoms with van der Waals surface area (Å²) in [5.41, 5.74) is 4.03. The quantitative estimate of drug-likeness (QED) is 0.725. The number of aryl methyl sites for hydroxylation is 3. The smallest absolute Gasteiger partial charge is 0.358 e. The number of pyridine rings is 1. The van der Waals surface area contributed by atoms with Gasteiger partial charge in [-0.05, 0) is 43.4 Å². The van der Waals surface area contributed by atoms with Gasteiger partial charge < -0.3 is 10.1 Å². The molecule has 1 aromatic heterocycles. The third-order valence-electron chi connectivity index (χ3n) is 4.14. The molecule has 1 N–H and O–H groups in total. The standard InChI is InChI=1S/C21H20N2O3/c1-13-10-14(2)19(15(3)11-13)23-18(24)12-26-21(25)20-17-7-5-4-6-16(17)8-9-22-20/h4-11H,12H2,1-3H3,(H,23,24). The maximum absolute atomic E-state index is 12.3. The van der Waals surface area contributed by atoms with E-state index in [1.54, 1.807) is 12.3 Å². The number of fused-ring (bicyclic) bond motifs is 1. The van der Waals surface area contributed by atoms with Crippen LogP contribution < -0.4 is 5.32 Å². The van der Waals surface area contributed by atoms with Gasteiger partial charge in [0.15, 0.2) is 12.3 Å². The fraction of sp³-hybridized carbons (Fsp3) is 0.190. The molecule has 0 fully saturated rings. The molecule has 0 saturated carbocycles. The molecule has 1 amide bonds. The molecule has 1 heterocycles. The summed E-state index contributed by atoms with van der Waals surface area (Å²) in [6.45, 7) is 5.50. The van der Waals surface area contributed by atoms with Crippen LogP contribution in [0.3, 0.4) is 0 Å². The minimum atomic E-state index is -0.616. The van der Waals surface area contributed by atoms with Gasteiger partial charge in [0.2, 0.25) is 0 Å². The van der Waals surface area contributed by atoms with Crippen molar-refractivity contribution in [3.05, 3.63) is 71.0 Å². The lowest BCUT2D eigenvalue weighted by Crippen LogP contribution is -2.22. The highest BCUT2D eigenvalue weighted by molar-refractivity contribution is 6.03. The number of anilines is 1. The molecule has 0 spiro atoms. The fourth-order valence-corrected chi connectivity index (χ4v) is 3.03. The van der Waals surface area contributed by atoms with Crippen molar-refractivity contribution in [1.82, 2.24) is 4.98 Å². The van der Waals surface area contributed by atoms with Crippen LogP contribution in [0.4, 0.5) is 5.69 Å². The Bertz CT molecular complexity index is 967. The first-order chi connectivity index (χ1) is 12.5. The van der Waals surface area contributed by atoms with E-state index in [9.17, 15) is 9.59 Å². The van der Waals surface area contributed by atoms with Crippen molar-refractivity contribution in [2.24, 2.45) is 0 Å². The summed E-state index contributed by atoms with van der Waals surface area (Å²) < 4.78 is 5.16. The average Bonchev–Trinajstić information content (AvgIpc) is 2.62. The SMILES string of the molecule is Cc1cc(C)c(NC(=O)COC(=O)c2nccc3ccccc23)c(C)c1. The number of amides is 1. The van der Waals surface area contributed by atoms with E-state index in [2.05, 4.69) is 10.3 Å². The number of rotatable bonds is 4. The number of esters is 1. The van der Waals surface area contributed by atoms with Crippen molar-refractivity contribution >= 4 is 28.3 Å². The number of ether oxygens (including phenoxy) is 1. The van der Waals surface area contributed by atoms with Crippen molar-refractivity contribution in [2.45, 2.75) is 20.8 Å². The van der Waals surface area contributed by atoms with Crippen LogP contribution in [0, 0.1) is 20.8 Å². The maximum Gasteiger partial charge on any atom is 0.358 e. The van der Waals surface area contributed by atoms with Gasteiger partial charge in [0.1, 0.15) is 0 Å². The Morgan fingerprint density at radius 1 is 1.04 bits per heavy atom. The molecule has 0 radical (unpaired) electrons. The number of benzene rings is 2. The van der Waals surface area contributed by atoms with E-state index in [0.717, 1.165) is 27.8 Å². The Kier molecular flexibility index (Phi) is 4.98. The van der Waals surface area contributed by atoms with Gasteiger partial charge in [-0.1, -0.05) is 42.0 Å². The number of nitrogens with zero attached hydrogens (tertiary/aromatic N) is 1. The highest BCUT2D eigenvalue weighted by Gasteiger charge is 2.15. The van der Waals surface area contributed by atoms with Crippen LogP contribution >= 0.6 is 0 Å². The zero-order valence-electron chi connectivity index (χ0n) is 15.0. The monoisotopic (exact) mass is 348 g/mol. The third kappa shape index (κ3) is 3.72. The van der Waals surface area contributed by atoms with Gasteiger partial charge in [-0.2, -0.15) is 0 Å². The summed E-state index contributed by atoms with van der Waals surface area (Å²) >= 11 is 0. The van der Waals surface area contributed by atoms with Crippen LogP contribution in [0.25, 0.3) is 10.8 Å². The van der Waals surface area contributed by atoms with Crippen LogP contribution in [0.5, 0.6) is 0 Å². The van der Waals surface area contributed by atoms with E-state index in [1.807, 2.05) is 57.2 Å². The molecule has 5 heteroatoms. The number of carbonyl (C=O) groups excluding carboxylic acids is 2. The summed E-state index contributed by atoms with van der Waals surface area (Å²) in [6, 6.07) is 13.2. The highest BCUT2D eigenvalue weighted by Crippen LogP contribution is 2.22. The van der Waals surface area contributed by atoms with Gasteiger partial charge in [-0.15, -0.1) is 0 Å². The minimum absolute atomic E-state index is 0.207. The largest absolute Gasteiger partial charge is 0.451 e. The number of carbonyl (C=O) groups is 2. The zero-order valence-corrected chi connectivity index (χ0v) is 15.0. The zero-order chi connectivity index (χ0) is 18.7. The lowest BCUT2D eigenvalue weighted by atomic mass is 10.1. The van der Waals surface area contributed by atoms with Crippen LogP contribution in [0.1, 0.15) is 27.2 Å². The van der Waals surface area contributed by atoms with E-state index in [0.29, 0.717) is 5.39 Å². The van der Waals surface area contributed by atoms with Crippen molar-refractivity contribution in [1.29, 1.82) is 0 Å². The van der Waals surface area contributed by atoms with Gasteiger partial charge in [0, 0.05) is 17.3 Å². The molecule has 0 bridgehead atoms. The Hall–Kier alpha value is -3.21. The molecule has 0 aliphatic rings. The second-order valence-electron chi connectivity index (χ2n) is 6.28. The van der Waals surface area contributed by atoms with Crippen LogP contribution in [0.15, 0.2) is 48.7 Å². The molecular formula is C21H20N2O3. The molecule has 132 valence electrons. The molecular weight excluding hydrogens is 328 g/mol. The maximum atomic E-state index is 12.3. The summed E-state index contributed by atoms with van der Waals surface area (Å²) in [6.07, 6.45) is 1.55.